The fourth-order valence-electron chi connectivity index (χ4n) is 3.83. The Labute approximate surface area is 155 Å². The van der Waals surface area contributed by atoms with Crippen LogP contribution in [-0.2, 0) is 20.7 Å². The molecule has 2 aliphatic rings. The second kappa shape index (κ2) is 8.87. The van der Waals surface area contributed by atoms with Crippen molar-refractivity contribution in [3.05, 3.63) is 35.8 Å². The van der Waals surface area contributed by atoms with E-state index in [9.17, 15) is 9.90 Å². The maximum atomic E-state index is 11.6. The fourth-order valence-corrected chi connectivity index (χ4v) is 3.83. The number of ether oxygens (including phenoxy) is 2. The third-order valence-corrected chi connectivity index (χ3v) is 5.36. The zero-order valence-corrected chi connectivity index (χ0v) is 15.7. The Morgan fingerprint density at radius 3 is 2.96 bits per heavy atom. The monoisotopic (exact) mass is 362 g/mol. The number of esters is 1. The summed E-state index contributed by atoms with van der Waals surface area (Å²) in [5, 5.41) is 10.3. The number of furan rings is 1. The molecule has 26 heavy (non-hydrogen) atoms. The number of carbonyl (C=O) groups excluding carboxylic acids is 1. The minimum absolute atomic E-state index is 0.0123. The highest BCUT2D eigenvalue weighted by molar-refractivity contribution is 5.76. The van der Waals surface area contributed by atoms with E-state index in [-0.39, 0.29) is 30.4 Å². The molecule has 2 saturated heterocycles. The summed E-state index contributed by atoms with van der Waals surface area (Å²) in [6.45, 7) is 4.26. The first-order chi connectivity index (χ1) is 12.5. The van der Waals surface area contributed by atoms with E-state index in [0.29, 0.717) is 5.92 Å². The molecule has 144 valence electrons. The fraction of sp³-hybridized carbons (Fsp3) is 0.667. The number of hydrogen-bond donors (Lipinski definition) is 1. The second-order valence-electron chi connectivity index (χ2n) is 7.86. The van der Waals surface area contributed by atoms with Gasteiger partial charge in [0, 0.05) is 0 Å². The topological polar surface area (TPSA) is 72.2 Å². The number of aliphatic hydroxyl groups excluding tert-OH is 1. The molecule has 3 heterocycles. The van der Waals surface area contributed by atoms with Crippen LogP contribution in [0.4, 0.5) is 0 Å². The van der Waals surface area contributed by atoms with Gasteiger partial charge in [-0.3, -0.25) is 4.79 Å². The molecule has 3 rings (SSSR count). The highest BCUT2D eigenvalue weighted by atomic mass is 16.8. The molecule has 0 bridgehead atoms. The smallest absolute Gasteiger partial charge is 0.314 e. The Kier molecular flexibility index (Phi) is 6.54. The lowest BCUT2D eigenvalue weighted by atomic mass is 9.91. The predicted octanol–water partition coefficient (Wildman–Crippen LogP) is 4.00. The second-order valence-corrected chi connectivity index (χ2v) is 7.86. The van der Waals surface area contributed by atoms with Crippen LogP contribution in [0, 0.1) is 11.8 Å². The van der Waals surface area contributed by atoms with Crippen molar-refractivity contribution in [2.24, 2.45) is 11.8 Å². The molecule has 0 saturated carbocycles. The van der Waals surface area contributed by atoms with Gasteiger partial charge in [-0.2, -0.15) is 0 Å². The van der Waals surface area contributed by atoms with Gasteiger partial charge in [-0.05, 0) is 56.6 Å². The van der Waals surface area contributed by atoms with Gasteiger partial charge >= 0.3 is 5.97 Å². The summed E-state index contributed by atoms with van der Waals surface area (Å²) < 4.78 is 15.4. The van der Waals surface area contributed by atoms with Gasteiger partial charge in [-0.25, -0.2) is 0 Å². The van der Waals surface area contributed by atoms with E-state index in [1.807, 2.05) is 6.07 Å². The quantitative estimate of drug-likeness (QED) is 0.366. The summed E-state index contributed by atoms with van der Waals surface area (Å²) in [4.78, 5) is 11.6. The van der Waals surface area contributed by atoms with Gasteiger partial charge in [0.05, 0.1) is 24.5 Å². The summed E-state index contributed by atoms with van der Waals surface area (Å²) in [5.74, 6) is 0.268. The minimum Gasteiger partial charge on any atom is -0.472 e. The Morgan fingerprint density at radius 1 is 1.42 bits per heavy atom. The molecule has 2 aliphatic heterocycles. The molecule has 1 aromatic rings. The van der Waals surface area contributed by atoms with Gasteiger partial charge in [0.25, 0.3) is 0 Å². The molecule has 0 radical (unpaired) electrons. The van der Waals surface area contributed by atoms with Crippen LogP contribution in [0.5, 0.6) is 0 Å². The average molecular weight is 362 g/mol. The van der Waals surface area contributed by atoms with Crippen molar-refractivity contribution in [1.29, 1.82) is 0 Å². The molecule has 0 spiro atoms. The number of allylic oxidation sites excluding steroid dienone is 1. The van der Waals surface area contributed by atoms with E-state index in [1.54, 1.807) is 12.5 Å². The summed E-state index contributed by atoms with van der Waals surface area (Å²) in [7, 11) is 0. The van der Waals surface area contributed by atoms with E-state index in [4.69, 9.17) is 13.9 Å². The molecular formula is C21H30O5. The van der Waals surface area contributed by atoms with Crippen molar-refractivity contribution in [2.75, 3.05) is 0 Å². The molecule has 5 atom stereocenters. The lowest BCUT2D eigenvalue weighted by Gasteiger charge is -2.17. The number of rotatable bonds is 11. The molecule has 0 aromatic carbocycles. The third-order valence-electron chi connectivity index (χ3n) is 5.36. The van der Waals surface area contributed by atoms with Crippen molar-refractivity contribution < 1.29 is 23.8 Å². The number of fused-ring (bicyclic) bond motifs is 1. The van der Waals surface area contributed by atoms with Crippen LogP contribution in [0.2, 0.25) is 0 Å². The Balaban J connectivity index is 1.28. The average Bonchev–Trinajstić information content (AvgIpc) is 3.00. The van der Waals surface area contributed by atoms with Crippen molar-refractivity contribution in [3.63, 3.8) is 0 Å². The van der Waals surface area contributed by atoms with Crippen LogP contribution >= 0.6 is 0 Å². The van der Waals surface area contributed by atoms with Crippen molar-refractivity contribution in [2.45, 2.75) is 77.3 Å². The molecular weight excluding hydrogens is 332 g/mol. The van der Waals surface area contributed by atoms with Crippen molar-refractivity contribution in [3.8, 4) is 0 Å². The van der Waals surface area contributed by atoms with Gasteiger partial charge in [-0.15, -0.1) is 0 Å². The molecule has 0 amide bonds. The van der Waals surface area contributed by atoms with Gasteiger partial charge in [0.2, 0.25) is 6.29 Å². The standard InChI is InChI=1S/C21H30O5/c1-14(5-3-7-16-9-10-24-13-16)11-17(22)12-15(2)6-4-8-18-19-21(25-19)26-20(18)23/h5,9-10,13,15,17-19,21-22H,3-4,6-8,11-12H2,1-2H3/b14-5+/t15-,17+,18+,19+,21-/m0/s1. The molecule has 5 nitrogen and oxygen atoms in total. The number of hydrogen-bond acceptors (Lipinski definition) is 5. The van der Waals surface area contributed by atoms with Crippen LogP contribution < -0.4 is 0 Å². The maximum absolute atomic E-state index is 11.6. The Bertz CT molecular complexity index is 606. The lowest BCUT2D eigenvalue weighted by molar-refractivity contribution is -0.151. The molecule has 0 unspecified atom stereocenters. The van der Waals surface area contributed by atoms with E-state index in [2.05, 4.69) is 19.9 Å². The van der Waals surface area contributed by atoms with Gasteiger partial charge in [0.1, 0.15) is 6.10 Å². The largest absolute Gasteiger partial charge is 0.472 e. The van der Waals surface area contributed by atoms with Crippen molar-refractivity contribution >= 4 is 5.97 Å². The maximum Gasteiger partial charge on any atom is 0.314 e. The Morgan fingerprint density at radius 2 is 2.27 bits per heavy atom. The molecule has 0 aliphatic carbocycles. The highest BCUT2D eigenvalue weighted by Crippen LogP contribution is 2.41. The first-order valence-electron chi connectivity index (χ1n) is 9.73. The van der Waals surface area contributed by atoms with E-state index >= 15 is 0 Å². The molecule has 1 N–H and O–H groups in total. The van der Waals surface area contributed by atoms with Crippen LogP contribution in [0.1, 0.15) is 57.9 Å². The van der Waals surface area contributed by atoms with Crippen LogP contribution in [0.3, 0.4) is 0 Å². The molecule has 1 aromatic heterocycles. The number of aryl methyl sites for hydroxylation is 1. The van der Waals surface area contributed by atoms with Gasteiger partial charge in [-0.1, -0.05) is 31.4 Å². The summed E-state index contributed by atoms with van der Waals surface area (Å²) in [5.41, 5.74) is 2.44. The van der Waals surface area contributed by atoms with Gasteiger partial charge in [0.15, 0.2) is 0 Å². The summed E-state index contributed by atoms with van der Waals surface area (Å²) >= 11 is 0. The first kappa shape index (κ1) is 19.2. The molecule has 5 heteroatoms. The van der Waals surface area contributed by atoms with Crippen LogP contribution in [-0.4, -0.2) is 29.6 Å². The van der Waals surface area contributed by atoms with Crippen LogP contribution in [0.25, 0.3) is 0 Å². The zero-order chi connectivity index (χ0) is 18.5. The number of epoxide rings is 1. The minimum atomic E-state index is -0.303. The number of aliphatic hydroxyl groups is 1. The number of carbonyl (C=O) groups is 1. The van der Waals surface area contributed by atoms with E-state index < -0.39 is 0 Å². The zero-order valence-electron chi connectivity index (χ0n) is 15.7. The van der Waals surface area contributed by atoms with Crippen LogP contribution in [0.15, 0.2) is 34.7 Å². The first-order valence-corrected chi connectivity index (χ1v) is 9.73. The summed E-state index contributed by atoms with van der Waals surface area (Å²) in [6.07, 6.45) is 11.4. The van der Waals surface area contributed by atoms with E-state index in [1.165, 1.54) is 11.1 Å². The normalized spacial score (nSPS) is 27.1. The van der Waals surface area contributed by atoms with Crippen molar-refractivity contribution in [1.82, 2.24) is 0 Å². The van der Waals surface area contributed by atoms with Gasteiger partial charge < -0.3 is 19.0 Å². The Hall–Kier alpha value is -1.59. The SMILES string of the molecule is C/C(=C\CCc1ccoc1)C[C@@H](O)C[C@@H](C)CCC[C@H]1C(=O)O[C@@H]2O[C@@H]21. The van der Waals surface area contributed by atoms with E-state index in [0.717, 1.165) is 44.9 Å². The summed E-state index contributed by atoms with van der Waals surface area (Å²) in [6, 6.07) is 1.99. The lowest BCUT2D eigenvalue weighted by Crippen LogP contribution is -2.16. The predicted molar refractivity (Wildman–Crippen MR) is 97.3 cm³/mol. The molecule has 2 fully saturated rings. The third kappa shape index (κ3) is 5.45. The highest BCUT2D eigenvalue weighted by Gasteiger charge is 2.57.